The summed E-state index contributed by atoms with van der Waals surface area (Å²) < 4.78 is 110. The van der Waals surface area contributed by atoms with Crippen LogP contribution in [0.1, 0.15) is 51.3 Å². The maximum atomic E-state index is 14.2. The Kier molecular flexibility index (Phi) is 13.8. The number of nitrogens with one attached hydrogen (secondary N) is 2. The maximum absolute atomic E-state index is 14.2. The molecule has 3 aliphatic heterocycles. The maximum Gasteiger partial charge on any atom is 0.501 e. The van der Waals surface area contributed by atoms with E-state index in [1.807, 2.05) is 51.1 Å². The molecule has 14 nitrogen and oxygen atoms in total. The number of fused-ring (bicyclic) bond motifs is 1. The SMILES string of the molecule is CC(C)(C)OC(=O)N1CCC(N2CCc3c(ncnc3NS(=O)(=O)c3ccc(N[C@H](CCN4CCOCC4)CSc4ccccc4)c(S(=O)(=O)C(F)(F)F)c3)C2)CC1. The van der Waals surface area contributed by atoms with Crippen molar-refractivity contribution in [2.45, 2.75) is 90.9 Å². The third kappa shape index (κ3) is 11.1. The fourth-order valence-electron chi connectivity index (χ4n) is 7.13. The lowest BCUT2D eigenvalue weighted by molar-refractivity contribution is -0.0436. The molecule has 0 aliphatic carbocycles. The summed E-state index contributed by atoms with van der Waals surface area (Å²) in [5.41, 5.74) is -5.53. The van der Waals surface area contributed by atoms with E-state index >= 15 is 0 Å². The fraction of sp³-hybridized carbons (Fsp3) is 0.553. The number of anilines is 2. The standard InChI is InChI=1S/C38H50F3N7O7S3/c1-37(2,3)55-36(49)47-16-12-28(13-17-47)48-18-14-31-33(24-48)42-26-43-35(31)45-58(52,53)30-9-10-32(34(23-30)57(50,51)38(39,40)41)44-27(11-15-46-19-21-54-22-20-46)25-56-29-7-5-4-6-8-29/h4-10,23,26-28,44H,11-22,24-25H2,1-3H3,(H,42,43,45)/t27-/m1/s1. The number of benzene rings is 2. The lowest BCUT2D eigenvalue weighted by atomic mass is 9.98. The average molecular weight is 870 g/mol. The number of halogens is 3. The van der Waals surface area contributed by atoms with Gasteiger partial charge in [0.25, 0.3) is 19.9 Å². The van der Waals surface area contributed by atoms with E-state index in [0.29, 0.717) is 108 Å². The molecule has 4 heterocycles. The van der Waals surface area contributed by atoms with Crippen LogP contribution in [-0.4, -0.2) is 129 Å². The van der Waals surface area contributed by atoms with Crippen LogP contribution in [0.4, 0.5) is 29.5 Å². The van der Waals surface area contributed by atoms with E-state index in [4.69, 9.17) is 9.47 Å². The molecule has 0 bridgehead atoms. The minimum Gasteiger partial charge on any atom is -0.444 e. The number of morpholine rings is 1. The summed E-state index contributed by atoms with van der Waals surface area (Å²) in [5, 5.41) is 3.03. The van der Waals surface area contributed by atoms with Gasteiger partial charge in [-0.2, -0.15) is 13.2 Å². The summed E-state index contributed by atoms with van der Waals surface area (Å²) in [6.45, 7) is 10.5. The smallest absolute Gasteiger partial charge is 0.444 e. The van der Waals surface area contributed by atoms with Crippen molar-refractivity contribution in [2.24, 2.45) is 0 Å². The van der Waals surface area contributed by atoms with Crippen LogP contribution in [0.2, 0.25) is 0 Å². The number of aromatic nitrogens is 2. The number of carbonyl (C=O) groups excluding carboxylic acids is 1. The van der Waals surface area contributed by atoms with Crippen LogP contribution >= 0.6 is 11.8 Å². The first kappa shape index (κ1) is 43.9. The zero-order chi connectivity index (χ0) is 41.7. The molecule has 0 spiro atoms. The zero-order valence-corrected chi connectivity index (χ0v) is 35.2. The van der Waals surface area contributed by atoms with Crippen LogP contribution < -0.4 is 10.0 Å². The van der Waals surface area contributed by atoms with E-state index in [9.17, 15) is 34.8 Å². The van der Waals surface area contributed by atoms with E-state index in [1.54, 1.807) is 4.90 Å². The molecule has 0 unspecified atom stereocenters. The average Bonchev–Trinajstić information content (AvgIpc) is 3.18. The van der Waals surface area contributed by atoms with Gasteiger partial charge in [0, 0.05) is 74.1 Å². The molecule has 2 saturated heterocycles. The molecule has 2 fully saturated rings. The van der Waals surface area contributed by atoms with Crippen LogP contribution in [0.15, 0.2) is 69.5 Å². The predicted molar refractivity (Wildman–Crippen MR) is 214 cm³/mol. The van der Waals surface area contributed by atoms with Crippen molar-refractivity contribution in [3.8, 4) is 0 Å². The van der Waals surface area contributed by atoms with Gasteiger partial charge < -0.3 is 19.7 Å². The van der Waals surface area contributed by atoms with E-state index in [-0.39, 0.29) is 23.6 Å². The Balaban J connectivity index is 1.19. The van der Waals surface area contributed by atoms with Gasteiger partial charge >= 0.3 is 11.6 Å². The van der Waals surface area contributed by atoms with Crippen molar-refractivity contribution in [3.63, 3.8) is 0 Å². The molecule has 1 aromatic heterocycles. The number of likely N-dealkylation sites (tertiary alicyclic amines) is 1. The molecule has 0 saturated carbocycles. The number of hydrogen-bond acceptors (Lipinski definition) is 13. The van der Waals surface area contributed by atoms with E-state index in [2.05, 4.69) is 29.8 Å². The van der Waals surface area contributed by atoms with Crippen LogP contribution in [0, 0.1) is 0 Å². The third-order valence-electron chi connectivity index (χ3n) is 10.2. The summed E-state index contributed by atoms with van der Waals surface area (Å²) in [6.07, 6.45) is 3.14. The van der Waals surface area contributed by atoms with Gasteiger partial charge in [0.1, 0.15) is 22.6 Å². The topological polar surface area (TPSA) is 163 Å². The number of rotatable bonds is 13. The summed E-state index contributed by atoms with van der Waals surface area (Å²) in [5.74, 6) is 0.358. The highest BCUT2D eigenvalue weighted by atomic mass is 32.2. The number of ether oxygens (including phenoxy) is 2. The summed E-state index contributed by atoms with van der Waals surface area (Å²) in [7, 11) is -10.6. The summed E-state index contributed by atoms with van der Waals surface area (Å²) >= 11 is 1.47. The Labute approximate surface area is 342 Å². The second kappa shape index (κ2) is 18.3. The number of carbonyl (C=O) groups is 1. The molecule has 2 N–H and O–H groups in total. The van der Waals surface area contributed by atoms with E-state index in [0.717, 1.165) is 17.0 Å². The molecule has 1 amide bonds. The van der Waals surface area contributed by atoms with Crippen molar-refractivity contribution in [2.75, 3.05) is 68.3 Å². The third-order valence-corrected chi connectivity index (χ3v) is 14.2. The normalized spacial score (nSPS) is 18.3. The van der Waals surface area contributed by atoms with Crippen LogP contribution in [0.25, 0.3) is 0 Å². The summed E-state index contributed by atoms with van der Waals surface area (Å²) in [4.78, 5) is 26.3. The first-order chi connectivity index (χ1) is 27.4. The lowest BCUT2D eigenvalue weighted by Gasteiger charge is -2.40. The van der Waals surface area contributed by atoms with Gasteiger partial charge in [-0.1, -0.05) is 18.2 Å². The van der Waals surface area contributed by atoms with Crippen LogP contribution in [0.5, 0.6) is 0 Å². The van der Waals surface area contributed by atoms with Gasteiger partial charge in [0.15, 0.2) is 0 Å². The number of piperidine rings is 1. The minimum atomic E-state index is -6.01. The van der Waals surface area contributed by atoms with Gasteiger partial charge in [-0.3, -0.25) is 14.5 Å². The Morgan fingerprint density at radius 2 is 1.69 bits per heavy atom. The molecule has 318 valence electrons. The molecule has 6 rings (SSSR count). The van der Waals surface area contributed by atoms with Gasteiger partial charge in [-0.15, -0.1) is 11.8 Å². The highest BCUT2D eigenvalue weighted by Gasteiger charge is 2.48. The minimum absolute atomic E-state index is 0.0343. The van der Waals surface area contributed by atoms with Crippen molar-refractivity contribution >= 4 is 49.2 Å². The zero-order valence-electron chi connectivity index (χ0n) is 32.7. The number of nitrogens with zero attached hydrogens (tertiary/aromatic N) is 5. The first-order valence-corrected chi connectivity index (χ1v) is 23.1. The molecule has 3 aromatic rings. The van der Waals surface area contributed by atoms with E-state index < -0.39 is 46.8 Å². The number of alkyl halides is 3. The van der Waals surface area contributed by atoms with Gasteiger partial charge in [-0.25, -0.2) is 31.6 Å². The Hall–Kier alpha value is -3.69. The predicted octanol–water partition coefficient (Wildman–Crippen LogP) is 5.62. The largest absolute Gasteiger partial charge is 0.501 e. The van der Waals surface area contributed by atoms with Crippen LogP contribution in [0.3, 0.4) is 0 Å². The quantitative estimate of drug-likeness (QED) is 0.204. The molecular weight excluding hydrogens is 820 g/mol. The number of hydrogen-bond donors (Lipinski definition) is 2. The van der Waals surface area contributed by atoms with Gasteiger partial charge in [-0.05, 0) is 76.8 Å². The van der Waals surface area contributed by atoms with Crippen molar-refractivity contribution in [1.82, 2.24) is 24.7 Å². The molecular formula is C38H50F3N7O7S3. The highest BCUT2D eigenvalue weighted by molar-refractivity contribution is 7.99. The lowest BCUT2D eigenvalue weighted by Crippen LogP contribution is -2.49. The fourth-order valence-corrected chi connectivity index (χ4v) is 10.2. The second-order valence-corrected chi connectivity index (χ2v) is 20.2. The highest BCUT2D eigenvalue weighted by Crippen LogP contribution is 2.37. The molecule has 3 aliphatic rings. The van der Waals surface area contributed by atoms with Gasteiger partial charge in [0.2, 0.25) is 0 Å². The van der Waals surface area contributed by atoms with Gasteiger partial charge in [0.05, 0.1) is 29.5 Å². The van der Waals surface area contributed by atoms with Crippen molar-refractivity contribution in [1.29, 1.82) is 0 Å². The Bertz CT molecular complexity index is 2110. The monoisotopic (exact) mass is 869 g/mol. The van der Waals surface area contributed by atoms with Crippen molar-refractivity contribution in [3.05, 3.63) is 66.1 Å². The van der Waals surface area contributed by atoms with Crippen LogP contribution in [-0.2, 0) is 42.3 Å². The molecule has 58 heavy (non-hydrogen) atoms. The summed E-state index contributed by atoms with van der Waals surface area (Å²) in [6, 6.07) is 11.8. The van der Waals surface area contributed by atoms with E-state index in [1.165, 1.54) is 18.1 Å². The second-order valence-electron chi connectivity index (χ2n) is 15.5. The number of sulfonamides is 1. The molecule has 0 radical (unpaired) electrons. The molecule has 20 heteroatoms. The molecule has 2 aromatic carbocycles. The Morgan fingerprint density at radius 1 is 0.983 bits per heavy atom. The first-order valence-electron chi connectivity index (χ1n) is 19.2. The number of amides is 1. The number of sulfone groups is 1. The molecule has 1 atom stereocenters. The van der Waals surface area contributed by atoms with Crippen molar-refractivity contribution < 1.29 is 44.3 Å². The number of thioether (sulfide) groups is 1. The Morgan fingerprint density at radius 3 is 2.36 bits per heavy atom.